The Balaban J connectivity index is 2.49. The molecule has 1 aromatic rings. The second kappa shape index (κ2) is 1.76. The van der Waals surface area contributed by atoms with E-state index in [4.69, 9.17) is 2.74 Å². The lowest BCUT2D eigenvalue weighted by molar-refractivity contribution is 1.11. The highest BCUT2D eigenvalue weighted by Crippen LogP contribution is 2.19. The molecule has 1 unspecified atom stereocenters. The Labute approximate surface area is 57.5 Å². The maximum Gasteiger partial charge on any atom is 0.0626 e. The maximum absolute atomic E-state index is 7.52. The number of nitrogens with one attached hydrogen (secondary N) is 1. The topological polar surface area (TPSA) is 12.0 Å². The van der Waals surface area contributed by atoms with Crippen LogP contribution in [-0.2, 0) is 6.42 Å². The van der Waals surface area contributed by atoms with Crippen LogP contribution in [0, 0.1) is 0 Å². The summed E-state index contributed by atoms with van der Waals surface area (Å²) in [5, 5.41) is 2.98. The van der Waals surface area contributed by atoms with Crippen molar-refractivity contribution in [3.05, 3.63) is 29.8 Å². The normalized spacial score (nSPS) is 26.0. The van der Waals surface area contributed by atoms with Crippen molar-refractivity contribution in [2.24, 2.45) is 0 Å². The first-order valence-corrected chi connectivity index (χ1v) is 3.04. The van der Waals surface area contributed by atoms with Crippen LogP contribution < -0.4 is 5.32 Å². The van der Waals surface area contributed by atoms with Crippen LogP contribution in [-0.4, -0.2) is 6.52 Å². The first-order valence-electron chi connectivity index (χ1n) is 4.12. The molecule has 46 valence electrons. The van der Waals surface area contributed by atoms with Crippen LogP contribution in [0.15, 0.2) is 24.2 Å². The summed E-state index contributed by atoms with van der Waals surface area (Å²) in [5.74, 6) is 0. The zero-order valence-electron chi connectivity index (χ0n) is 7.02. The molecule has 1 aliphatic rings. The number of hydrogen-bond donors (Lipinski definition) is 1. The van der Waals surface area contributed by atoms with E-state index in [-0.39, 0.29) is 6.52 Å². The Morgan fingerprint density at radius 2 is 2.67 bits per heavy atom. The average Bonchev–Trinajstić information content (AvgIpc) is 2.31. The van der Waals surface area contributed by atoms with Gasteiger partial charge in [0.05, 0.1) is 1.37 Å². The number of benzene rings is 1. The van der Waals surface area contributed by atoms with Crippen molar-refractivity contribution < 1.29 is 2.74 Å². The van der Waals surface area contributed by atoms with Crippen molar-refractivity contribution in [3.8, 4) is 0 Å². The van der Waals surface area contributed by atoms with Gasteiger partial charge in [-0.15, -0.1) is 0 Å². The zero-order valence-corrected chi connectivity index (χ0v) is 5.02. The van der Waals surface area contributed by atoms with Gasteiger partial charge in [-0.05, 0) is 18.1 Å². The van der Waals surface area contributed by atoms with Crippen molar-refractivity contribution in [2.75, 3.05) is 11.8 Å². The average molecular weight is 121 g/mol. The van der Waals surface area contributed by atoms with Gasteiger partial charge in [-0.2, -0.15) is 0 Å². The minimum Gasteiger partial charge on any atom is -0.384 e. The predicted octanol–water partition coefficient (Wildman–Crippen LogP) is 1.65. The molecule has 0 spiro atoms. The second-order valence-electron chi connectivity index (χ2n) is 2.11. The first kappa shape index (κ1) is 3.25. The van der Waals surface area contributed by atoms with Crippen LogP contribution in [0.3, 0.4) is 0 Å². The van der Waals surface area contributed by atoms with Crippen LogP contribution >= 0.6 is 0 Å². The minimum absolute atomic E-state index is 0.253. The highest BCUT2D eigenvalue weighted by molar-refractivity contribution is 5.54. The van der Waals surface area contributed by atoms with Gasteiger partial charge in [-0.25, -0.2) is 0 Å². The van der Waals surface area contributed by atoms with E-state index >= 15 is 0 Å². The highest BCUT2D eigenvalue weighted by Gasteiger charge is 2.05. The van der Waals surface area contributed by atoms with Crippen molar-refractivity contribution in [1.29, 1.82) is 0 Å². The SMILES string of the molecule is [2H]c1cccc2c1CC([2H])N2. The molecular weight excluding hydrogens is 110 g/mol. The van der Waals surface area contributed by atoms with Gasteiger partial charge in [0.25, 0.3) is 0 Å². The van der Waals surface area contributed by atoms with Gasteiger partial charge in [0.1, 0.15) is 0 Å². The van der Waals surface area contributed by atoms with Crippen molar-refractivity contribution in [1.82, 2.24) is 0 Å². The van der Waals surface area contributed by atoms with E-state index < -0.39 is 0 Å². The highest BCUT2D eigenvalue weighted by atomic mass is 14.9. The van der Waals surface area contributed by atoms with Gasteiger partial charge in [0.2, 0.25) is 0 Å². The molecule has 0 saturated heterocycles. The standard InChI is InChI=1S/C8H9N/c1-2-4-8-7(3-1)5-6-9-8/h1-4,9H,5-6H2/i3D,6D. The number of anilines is 1. The molecule has 1 aromatic carbocycles. The Morgan fingerprint density at radius 3 is 3.56 bits per heavy atom. The molecule has 1 N–H and O–H groups in total. The van der Waals surface area contributed by atoms with Gasteiger partial charge in [-0.1, -0.05) is 18.2 Å². The summed E-state index contributed by atoms with van der Waals surface area (Å²) in [6, 6.07) is 6.07. The molecule has 1 atom stereocenters. The molecule has 2 rings (SSSR count). The fourth-order valence-electron chi connectivity index (χ4n) is 1.04. The molecule has 0 bridgehead atoms. The Morgan fingerprint density at radius 1 is 1.67 bits per heavy atom. The van der Waals surface area contributed by atoms with E-state index in [0.717, 1.165) is 11.3 Å². The molecule has 0 fully saturated rings. The maximum atomic E-state index is 7.52. The fraction of sp³-hybridized carbons (Fsp3) is 0.250. The third-order valence-corrected chi connectivity index (χ3v) is 1.51. The van der Waals surface area contributed by atoms with E-state index in [1.807, 2.05) is 12.1 Å². The summed E-state index contributed by atoms with van der Waals surface area (Å²) in [6.45, 7) is -0.253. The lowest BCUT2D eigenvalue weighted by atomic mass is 10.2. The fourth-order valence-corrected chi connectivity index (χ4v) is 1.04. The lowest BCUT2D eigenvalue weighted by Gasteiger charge is -1.94. The van der Waals surface area contributed by atoms with Gasteiger partial charge in [0.15, 0.2) is 0 Å². The molecule has 1 heterocycles. The van der Waals surface area contributed by atoms with Gasteiger partial charge in [0, 0.05) is 13.6 Å². The van der Waals surface area contributed by atoms with Crippen molar-refractivity contribution >= 4 is 5.69 Å². The van der Waals surface area contributed by atoms with E-state index in [0.29, 0.717) is 12.5 Å². The summed E-state index contributed by atoms with van der Waals surface area (Å²) in [4.78, 5) is 0. The van der Waals surface area contributed by atoms with Gasteiger partial charge < -0.3 is 5.32 Å². The van der Waals surface area contributed by atoms with E-state index in [9.17, 15) is 0 Å². The molecule has 0 radical (unpaired) electrons. The van der Waals surface area contributed by atoms with Crippen LogP contribution in [0.5, 0.6) is 0 Å². The molecule has 1 aliphatic heterocycles. The monoisotopic (exact) mass is 121 g/mol. The third kappa shape index (κ3) is 0.689. The number of rotatable bonds is 0. The summed E-state index contributed by atoms with van der Waals surface area (Å²) < 4.78 is 14.9. The minimum atomic E-state index is -0.253. The molecular formula is C8H9N. The molecule has 1 nitrogen and oxygen atoms in total. The summed E-state index contributed by atoms with van der Waals surface area (Å²) in [7, 11) is 0. The second-order valence-corrected chi connectivity index (χ2v) is 2.11. The van der Waals surface area contributed by atoms with E-state index in [1.54, 1.807) is 6.07 Å². The van der Waals surface area contributed by atoms with Crippen LogP contribution in [0.1, 0.15) is 8.30 Å². The quantitative estimate of drug-likeness (QED) is 0.550. The summed E-state index contributed by atoms with van der Waals surface area (Å²) in [6.07, 6.45) is 0.662. The Hall–Kier alpha value is -0.980. The molecule has 0 aromatic heterocycles. The van der Waals surface area contributed by atoms with Gasteiger partial charge >= 0.3 is 0 Å². The molecule has 0 amide bonds. The molecule has 0 aliphatic carbocycles. The largest absolute Gasteiger partial charge is 0.384 e. The van der Waals surface area contributed by atoms with Crippen LogP contribution in [0.2, 0.25) is 0 Å². The number of para-hydroxylation sites is 1. The molecule has 9 heavy (non-hydrogen) atoms. The van der Waals surface area contributed by atoms with E-state index in [1.165, 1.54) is 0 Å². The smallest absolute Gasteiger partial charge is 0.0626 e. The predicted molar refractivity (Wildman–Crippen MR) is 38.6 cm³/mol. The van der Waals surface area contributed by atoms with Crippen molar-refractivity contribution in [3.63, 3.8) is 0 Å². The third-order valence-electron chi connectivity index (χ3n) is 1.51. The Kier molecular flexibility index (Phi) is 0.637. The van der Waals surface area contributed by atoms with E-state index in [2.05, 4.69) is 5.32 Å². The molecule has 1 heteroatoms. The number of fused-ring (bicyclic) bond motifs is 1. The first-order chi connectivity index (χ1) is 5.27. The van der Waals surface area contributed by atoms with Crippen molar-refractivity contribution in [2.45, 2.75) is 6.42 Å². The lowest BCUT2D eigenvalue weighted by Crippen LogP contribution is -1.90. The molecule has 0 saturated carbocycles. The zero-order chi connectivity index (χ0) is 7.84. The summed E-state index contributed by atoms with van der Waals surface area (Å²) in [5.41, 5.74) is 1.94. The van der Waals surface area contributed by atoms with Crippen LogP contribution in [0.25, 0.3) is 0 Å². The van der Waals surface area contributed by atoms with Crippen LogP contribution in [0.4, 0.5) is 5.69 Å². The Bertz CT molecular complexity index is 285. The number of hydrogen-bond acceptors (Lipinski definition) is 1. The summed E-state index contributed by atoms with van der Waals surface area (Å²) >= 11 is 0. The van der Waals surface area contributed by atoms with Gasteiger partial charge in [-0.3, -0.25) is 0 Å².